The topological polar surface area (TPSA) is 89.2 Å². The van der Waals surface area contributed by atoms with Crippen molar-refractivity contribution in [2.75, 3.05) is 6.54 Å². The Kier molecular flexibility index (Phi) is 5.34. The van der Waals surface area contributed by atoms with Gasteiger partial charge in [0.15, 0.2) is 0 Å². The van der Waals surface area contributed by atoms with Gasteiger partial charge in [0.25, 0.3) is 0 Å². The standard InChI is InChI=1S/C17H26N4O2/c1-5-10(2)17-19-11(3)13(12(4)20-17)9-15(22)21-8-6-7-14(21)16(18)23/h10,14H,5-9H2,1-4H3,(H2,18,23)/t10?,14-/m1/s1. The minimum absolute atomic E-state index is 0.0719. The van der Waals surface area contributed by atoms with E-state index in [2.05, 4.69) is 23.8 Å². The predicted molar refractivity (Wildman–Crippen MR) is 87.8 cm³/mol. The molecule has 23 heavy (non-hydrogen) atoms. The molecule has 0 aromatic carbocycles. The number of aromatic nitrogens is 2. The number of likely N-dealkylation sites (tertiary alicyclic amines) is 1. The van der Waals surface area contributed by atoms with Crippen molar-refractivity contribution in [3.05, 3.63) is 22.8 Å². The third-order valence-electron chi connectivity index (χ3n) is 4.72. The maximum atomic E-state index is 12.6. The average Bonchev–Trinajstić information content (AvgIpc) is 2.99. The first kappa shape index (κ1) is 17.4. The molecule has 126 valence electrons. The van der Waals surface area contributed by atoms with E-state index in [0.717, 1.165) is 35.6 Å². The number of nitrogens with two attached hydrogens (primary N) is 1. The first-order valence-corrected chi connectivity index (χ1v) is 8.27. The van der Waals surface area contributed by atoms with Gasteiger partial charge in [-0.2, -0.15) is 0 Å². The number of rotatable bonds is 5. The zero-order valence-electron chi connectivity index (χ0n) is 14.4. The van der Waals surface area contributed by atoms with Crippen LogP contribution in [0.25, 0.3) is 0 Å². The van der Waals surface area contributed by atoms with Gasteiger partial charge in [0, 0.05) is 29.4 Å². The van der Waals surface area contributed by atoms with Gasteiger partial charge in [-0.05, 0) is 33.1 Å². The summed E-state index contributed by atoms with van der Waals surface area (Å²) < 4.78 is 0. The van der Waals surface area contributed by atoms with E-state index in [0.29, 0.717) is 18.9 Å². The molecule has 0 bridgehead atoms. The van der Waals surface area contributed by atoms with Crippen LogP contribution in [0.1, 0.15) is 61.8 Å². The van der Waals surface area contributed by atoms with Gasteiger partial charge in [0.1, 0.15) is 11.9 Å². The lowest BCUT2D eigenvalue weighted by molar-refractivity contribution is -0.136. The van der Waals surface area contributed by atoms with E-state index in [9.17, 15) is 9.59 Å². The molecule has 2 amide bonds. The fourth-order valence-electron chi connectivity index (χ4n) is 3.04. The van der Waals surface area contributed by atoms with Gasteiger partial charge >= 0.3 is 0 Å². The summed E-state index contributed by atoms with van der Waals surface area (Å²) >= 11 is 0. The van der Waals surface area contributed by atoms with Gasteiger partial charge in [0.05, 0.1) is 6.42 Å². The maximum absolute atomic E-state index is 12.6. The van der Waals surface area contributed by atoms with Gasteiger partial charge in [-0.1, -0.05) is 13.8 Å². The fourth-order valence-corrected chi connectivity index (χ4v) is 3.04. The molecule has 1 fully saturated rings. The number of hydrogen-bond acceptors (Lipinski definition) is 4. The number of carbonyl (C=O) groups is 2. The predicted octanol–water partition coefficient (Wildman–Crippen LogP) is 1.63. The fraction of sp³-hybridized carbons (Fsp3) is 0.647. The van der Waals surface area contributed by atoms with Crippen molar-refractivity contribution in [2.24, 2.45) is 5.73 Å². The second kappa shape index (κ2) is 7.06. The van der Waals surface area contributed by atoms with Crippen molar-refractivity contribution < 1.29 is 9.59 Å². The summed E-state index contributed by atoms with van der Waals surface area (Å²) in [6.45, 7) is 8.63. The molecule has 1 aromatic rings. The van der Waals surface area contributed by atoms with E-state index >= 15 is 0 Å². The summed E-state index contributed by atoms with van der Waals surface area (Å²) in [5.41, 5.74) is 7.94. The Morgan fingerprint density at radius 3 is 2.43 bits per heavy atom. The van der Waals surface area contributed by atoms with E-state index in [1.165, 1.54) is 0 Å². The van der Waals surface area contributed by atoms with Gasteiger partial charge in [0.2, 0.25) is 11.8 Å². The molecule has 1 saturated heterocycles. The second-order valence-corrected chi connectivity index (χ2v) is 6.36. The Morgan fingerprint density at radius 1 is 1.30 bits per heavy atom. The van der Waals surface area contributed by atoms with Crippen LogP contribution in [0.15, 0.2) is 0 Å². The van der Waals surface area contributed by atoms with Crippen LogP contribution in [0.3, 0.4) is 0 Å². The zero-order valence-corrected chi connectivity index (χ0v) is 14.4. The quantitative estimate of drug-likeness (QED) is 0.893. The Hall–Kier alpha value is -1.98. The first-order chi connectivity index (χ1) is 10.8. The van der Waals surface area contributed by atoms with Crippen LogP contribution in [0.2, 0.25) is 0 Å². The van der Waals surface area contributed by atoms with Gasteiger partial charge in [-0.15, -0.1) is 0 Å². The molecule has 1 aliphatic rings. The number of hydrogen-bond donors (Lipinski definition) is 1. The number of nitrogens with zero attached hydrogens (tertiary/aromatic N) is 3. The summed E-state index contributed by atoms with van der Waals surface area (Å²) in [6, 6.07) is -0.469. The highest BCUT2D eigenvalue weighted by Gasteiger charge is 2.33. The third-order valence-corrected chi connectivity index (χ3v) is 4.72. The normalized spacial score (nSPS) is 19.0. The molecule has 6 heteroatoms. The Bertz CT molecular complexity index is 592. The van der Waals surface area contributed by atoms with Crippen LogP contribution in [0.5, 0.6) is 0 Å². The number of aryl methyl sites for hydroxylation is 2. The third kappa shape index (κ3) is 3.68. The molecule has 0 aliphatic carbocycles. The van der Waals surface area contributed by atoms with E-state index < -0.39 is 11.9 Å². The molecule has 2 heterocycles. The minimum atomic E-state index is -0.469. The van der Waals surface area contributed by atoms with Crippen LogP contribution >= 0.6 is 0 Å². The lowest BCUT2D eigenvalue weighted by Gasteiger charge is -2.23. The highest BCUT2D eigenvalue weighted by molar-refractivity contribution is 5.88. The molecule has 1 aromatic heterocycles. The summed E-state index contributed by atoms with van der Waals surface area (Å²) in [4.78, 5) is 34.8. The van der Waals surface area contributed by atoms with Crippen molar-refractivity contribution in [3.63, 3.8) is 0 Å². The molecule has 1 unspecified atom stereocenters. The van der Waals surface area contributed by atoms with Crippen LogP contribution < -0.4 is 5.73 Å². The smallest absolute Gasteiger partial charge is 0.240 e. The Labute approximate surface area is 137 Å². The summed E-state index contributed by atoms with van der Waals surface area (Å²) in [7, 11) is 0. The molecule has 6 nitrogen and oxygen atoms in total. The average molecular weight is 318 g/mol. The van der Waals surface area contributed by atoms with Crippen LogP contribution in [0.4, 0.5) is 0 Å². The van der Waals surface area contributed by atoms with Gasteiger partial charge < -0.3 is 10.6 Å². The van der Waals surface area contributed by atoms with E-state index in [-0.39, 0.29) is 12.3 Å². The van der Waals surface area contributed by atoms with Gasteiger partial charge in [-0.3, -0.25) is 9.59 Å². The molecule has 2 N–H and O–H groups in total. The molecule has 1 aliphatic heterocycles. The van der Waals surface area contributed by atoms with Crippen molar-refractivity contribution in [2.45, 2.75) is 65.3 Å². The molecule has 2 rings (SSSR count). The lowest BCUT2D eigenvalue weighted by atomic mass is 10.0. The molecule has 0 spiro atoms. The zero-order chi connectivity index (χ0) is 17.1. The van der Waals surface area contributed by atoms with Crippen molar-refractivity contribution in [3.8, 4) is 0 Å². The van der Waals surface area contributed by atoms with Crippen LogP contribution in [-0.4, -0.2) is 39.3 Å². The monoisotopic (exact) mass is 318 g/mol. The number of primary amides is 1. The summed E-state index contributed by atoms with van der Waals surface area (Å²) in [6.07, 6.45) is 2.68. The molecular weight excluding hydrogens is 292 g/mol. The molecular formula is C17H26N4O2. The number of amides is 2. The summed E-state index contributed by atoms with van der Waals surface area (Å²) in [5.74, 6) is 0.634. The van der Waals surface area contributed by atoms with Crippen LogP contribution in [0, 0.1) is 13.8 Å². The molecule has 0 saturated carbocycles. The summed E-state index contributed by atoms with van der Waals surface area (Å²) in [5, 5.41) is 0. The minimum Gasteiger partial charge on any atom is -0.368 e. The van der Waals surface area contributed by atoms with E-state index in [1.54, 1.807) is 4.90 Å². The number of carbonyl (C=O) groups excluding carboxylic acids is 2. The van der Waals surface area contributed by atoms with Crippen LogP contribution in [-0.2, 0) is 16.0 Å². The molecule has 0 radical (unpaired) electrons. The first-order valence-electron chi connectivity index (χ1n) is 8.27. The van der Waals surface area contributed by atoms with Crippen molar-refractivity contribution in [1.29, 1.82) is 0 Å². The maximum Gasteiger partial charge on any atom is 0.240 e. The lowest BCUT2D eigenvalue weighted by Crippen LogP contribution is -2.44. The van der Waals surface area contributed by atoms with Crippen molar-refractivity contribution in [1.82, 2.24) is 14.9 Å². The van der Waals surface area contributed by atoms with E-state index in [1.807, 2.05) is 13.8 Å². The second-order valence-electron chi connectivity index (χ2n) is 6.36. The highest BCUT2D eigenvalue weighted by atomic mass is 16.2. The Morgan fingerprint density at radius 2 is 1.91 bits per heavy atom. The Balaban J connectivity index is 2.20. The SMILES string of the molecule is CCC(C)c1nc(C)c(CC(=O)N2CCC[C@@H]2C(N)=O)c(C)n1. The molecule has 2 atom stereocenters. The van der Waals surface area contributed by atoms with Gasteiger partial charge in [-0.25, -0.2) is 9.97 Å². The highest BCUT2D eigenvalue weighted by Crippen LogP contribution is 2.22. The van der Waals surface area contributed by atoms with Crippen molar-refractivity contribution >= 4 is 11.8 Å². The van der Waals surface area contributed by atoms with E-state index in [4.69, 9.17) is 5.73 Å². The largest absolute Gasteiger partial charge is 0.368 e.